The molecule has 1 N–H and O–H groups in total. The summed E-state index contributed by atoms with van der Waals surface area (Å²) in [6.07, 6.45) is 5.34. The average Bonchev–Trinajstić information content (AvgIpc) is 3.11. The van der Waals surface area contributed by atoms with E-state index >= 15 is 0 Å². The van der Waals surface area contributed by atoms with Gasteiger partial charge in [-0.3, -0.25) is 4.79 Å². The Morgan fingerprint density at radius 3 is 2.95 bits per heavy atom. The smallest absolute Gasteiger partial charge is 0.317 e. The van der Waals surface area contributed by atoms with Crippen molar-refractivity contribution in [2.75, 3.05) is 18.5 Å². The van der Waals surface area contributed by atoms with Crippen LogP contribution in [-0.2, 0) is 14.9 Å². The fraction of sp³-hybridized carbons (Fsp3) is 0.733. The minimum atomic E-state index is -0.680. The Kier molecular flexibility index (Phi) is 5.02. The van der Waals surface area contributed by atoms with Crippen LogP contribution in [-0.4, -0.2) is 24.1 Å². The molecule has 4 nitrogen and oxygen atoms in total. The van der Waals surface area contributed by atoms with Gasteiger partial charge in [0.05, 0.1) is 12.3 Å². The minimum absolute atomic E-state index is 0.217. The van der Waals surface area contributed by atoms with Crippen LogP contribution in [0.5, 0.6) is 0 Å². The Hall–Kier alpha value is -1.10. The van der Waals surface area contributed by atoms with E-state index in [1.54, 1.807) is 11.3 Å². The monoisotopic (exact) mass is 296 g/mol. The summed E-state index contributed by atoms with van der Waals surface area (Å²) in [6, 6.07) is 0. The second-order valence-corrected chi connectivity index (χ2v) is 6.75. The number of nitrogens with one attached hydrogen (secondary N) is 1. The zero-order valence-electron chi connectivity index (χ0n) is 12.6. The molecule has 112 valence electrons. The van der Waals surface area contributed by atoms with Gasteiger partial charge in [-0.2, -0.15) is 0 Å². The van der Waals surface area contributed by atoms with Crippen LogP contribution in [0, 0.1) is 5.92 Å². The van der Waals surface area contributed by atoms with Gasteiger partial charge < -0.3 is 10.1 Å². The highest BCUT2D eigenvalue weighted by Crippen LogP contribution is 2.33. The molecule has 0 atom stereocenters. The Balaban J connectivity index is 1.84. The molecule has 0 amide bonds. The summed E-state index contributed by atoms with van der Waals surface area (Å²) in [7, 11) is 0. The lowest BCUT2D eigenvalue weighted by Crippen LogP contribution is -2.31. The largest absolute Gasteiger partial charge is 0.465 e. The predicted molar refractivity (Wildman–Crippen MR) is 82.2 cm³/mol. The number of hydrogen-bond donors (Lipinski definition) is 1. The SMILES string of the molecule is CCOC(=O)C(C)(C)c1csc(NCCCC2CC2)n1. The maximum atomic E-state index is 11.9. The lowest BCUT2D eigenvalue weighted by molar-refractivity contribution is -0.148. The first-order chi connectivity index (χ1) is 9.54. The van der Waals surface area contributed by atoms with Crippen LogP contribution >= 0.6 is 11.3 Å². The Morgan fingerprint density at radius 1 is 1.55 bits per heavy atom. The highest BCUT2D eigenvalue weighted by atomic mass is 32.1. The normalized spacial score (nSPS) is 15.2. The summed E-state index contributed by atoms with van der Waals surface area (Å²) in [5, 5.41) is 6.19. The first kappa shape index (κ1) is 15.3. The van der Waals surface area contributed by atoms with Gasteiger partial charge in [-0.1, -0.05) is 12.8 Å². The molecule has 0 aliphatic heterocycles. The second kappa shape index (κ2) is 6.57. The number of esters is 1. The van der Waals surface area contributed by atoms with Gasteiger partial charge in [0.2, 0.25) is 0 Å². The fourth-order valence-corrected chi connectivity index (χ4v) is 2.96. The zero-order valence-corrected chi connectivity index (χ0v) is 13.4. The van der Waals surface area contributed by atoms with Gasteiger partial charge in [0, 0.05) is 11.9 Å². The van der Waals surface area contributed by atoms with E-state index < -0.39 is 5.41 Å². The van der Waals surface area contributed by atoms with E-state index in [4.69, 9.17) is 4.74 Å². The van der Waals surface area contributed by atoms with E-state index in [0.29, 0.717) is 6.61 Å². The number of carbonyl (C=O) groups is 1. The quantitative estimate of drug-likeness (QED) is 0.588. The van der Waals surface area contributed by atoms with Crippen molar-refractivity contribution in [2.24, 2.45) is 5.92 Å². The van der Waals surface area contributed by atoms with Crippen LogP contribution in [0.2, 0.25) is 0 Å². The molecule has 1 heterocycles. The Labute approximate surface area is 124 Å². The van der Waals surface area contributed by atoms with Crippen LogP contribution in [0.4, 0.5) is 5.13 Å². The Morgan fingerprint density at radius 2 is 2.30 bits per heavy atom. The second-order valence-electron chi connectivity index (χ2n) is 5.90. The molecule has 0 radical (unpaired) electrons. The number of thiazole rings is 1. The van der Waals surface area contributed by atoms with Gasteiger partial charge in [0.25, 0.3) is 0 Å². The van der Waals surface area contributed by atoms with E-state index in [-0.39, 0.29) is 5.97 Å². The average molecular weight is 296 g/mol. The third-order valence-corrected chi connectivity index (χ3v) is 4.49. The first-order valence-corrected chi connectivity index (χ1v) is 8.29. The number of carbonyl (C=O) groups excluding carboxylic acids is 1. The summed E-state index contributed by atoms with van der Waals surface area (Å²) in [4.78, 5) is 16.5. The summed E-state index contributed by atoms with van der Waals surface area (Å²) >= 11 is 1.56. The van der Waals surface area contributed by atoms with E-state index in [1.807, 2.05) is 26.2 Å². The maximum absolute atomic E-state index is 11.9. The molecule has 0 unspecified atom stereocenters. The first-order valence-electron chi connectivity index (χ1n) is 7.41. The molecule has 0 bridgehead atoms. The standard InChI is InChI=1S/C15H24N2O2S/c1-4-19-13(18)15(2,3)12-10-20-14(17-12)16-9-5-6-11-7-8-11/h10-11H,4-9H2,1-3H3,(H,16,17). The van der Waals surface area contributed by atoms with Crippen LogP contribution in [0.15, 0.2) is 5.38 Å². The molecular weight excluding hydrogens is 272 g/mol. The van der Waals surface area contributed by atoms with Crippen molar-refractivity contribution in [3.05, 3.63) is 11.1 Å². The molecule has 1 aliphatic carbocycles. The van der Waals surface area contributed by atoms with Crippen molar-refractivity contribution >= 4 is 22.4 Å². The minimum Gasteiger partial charge on any atom is -0.465 e. The van der Waals surface area contributed by atoms with E-state index in [2.05, 4.69) is 10.3 Å². The molecule has 2 rings (SSSR count). The van der Waals surface area contributed by atoms with Gasteiger partial charge in [-0.05, 0) is 39.5 Å². The highest BCUT2D eigenvalue weighted by Gasteiger charge is 2.33. The van der Waals surface area contributed by atoms with Crippen LogP contribution < -0.4 is 5.32 Å². The summed E-state index contributed by atoms with van der Waals surface area (Å²) in [5.74, 6) is 0.761. The lowest BCUT2D eigenvalue weighted by atomic mass is 9.90. The molecule has 0 aromatic carbocycles. The molecule has 0 saturated heterocycles. The molecule has 0 spiro atoms. The number of ether oxygens (including phenoxy) is 1. The van der Waals surface area contributed by atoms with Crippen molar-refractivity contribution in [2.45, 2.75) is 51.9 Å². The lowest BCUT2D eigenvalue weighted by Gasteiger charge is -2.19. The molecule has 5 heteroatoms. The van der Waals surface area contributed by atoms with Crippen molar-refractivity contribution in [1.29, 1.82) is 0 Å². The summed E-state index contributed by atoms with van der Waals surface area (Å²) in [6.45, 7) is 6.90. The molecule has 1 aromatic rings. The third kappa shape index (κ3) is 3.95. The maximum Gasteiger partial charge on any atom is 0.317 e. The van der Waals surface area contributed by atoms with Crippen molar-refractivity contribution in [1.82, 2.24) is 4.98 Å². The number of aromatic nitrogens is 1. The van der Waals surface area contributed by atoms with Gasteiger partial charge >= 0.3 is 5.97 Å². The molecule has 1 aliphatic rings. The van der Waals surface area contributed by atoms with Crippen molar-refractivity contribution < 1.29 is 9.53 Å². The molecule has 20 heavy (non-hydrogen) atoms. The van der Waals surface area contributed by atoms with Crippen LogP contribution in [0.25, 0.3) is 0 Å². The molecule has 1 aromatic heterocycles. The van der Waals surface area contributed by atoms with E-state index in [0.717, 1.165) is 23.3 Å². The number of nitrogens with zero attached hydrogens (tertiary/aromatic N) is 1. The van der Waals surface area contributed by atoms with Gasteiger partial charge in [-0.15, -0.1) is 11.3 Å². The van der Waals surface area contributed by atoms with Crippen LogP contribution in [0.1, 0.15) is 52.1 Å². The third-order valence-electron chi connectivity index (χ3n) is 3.69. The highest BCUT2D eigenvalue weighted by molar-refractivity contribution is 7.13. The zero-order chi connectivity index (χ0) is 14.6. The van der Waals surface area contributed by atoms with Gasteiger partial charge in [0.15, 0.2) is 5.13 Å². The van der Waals surface area contributed by atoms with Gasteiger partial charge in [-0.25, -0.2) is 4.98 Å². The number of hydrogen-bond acceptors (Lipinski definition) is 5. The topological polar surface area (TPSA) is 51.2 Å². The van der Waals surface area contributed by atoms with Crippen molar-refractivity contribution in [3.63, 3.8) is 0 Å². The number of anilines is 1. The number of rotatable bonds is 8. The Bertz CT molecular complexity index is 452. The van der Waals surface area contributed by atoms with Crippen LogP contribution in [0.3, 0.4) is 0 Å². The molecular formula is C15H24N2O2S. The predicted octanol–water partition coefficient (Wildman–Crippen LogP) is 3.59. The van der Waals surface area contributed by atoms with E-state index in [9.17, 15) is 4.79 Å². The van der Waals surface area contributed by atoms with Crippen molar-refractivity contribution in [3.8, 4) is 0 Å². The fourth-order valence-electron chi connectivity index (χ4n) is 2.05. The molecule has 1 saturated carbocycles. The van der Waals surface area contributed by atoms with E-state index in [1.165, 1.54) is 25.7 Å². The van der Waals surface area contributed by atoms with Gasteiger partial charge in [0.1, 0.15) is 5.41 Å². The summed E-state index contributed by atoms with van der Waals surface area (Å²) in [5.41, 5.74) is 0.103. The molecule has 1 fully saturated rings. The summed E-state index contributed by atoms with van der Waals surface area (Å²) < 4.78 is 5.11.